The van der Waals surface area contributed by atoms with Crippen LogP contribution in [-0.4, -0.2) is 39.4 Å². The number of hydrogen-bond donors (Lipinski definition) is 1. The van der Waals surface area contributed by atoms with E-state index in [9.17, 15) is 14.7 Å². The summed E-state index contributed by atoms with van der Waals surface area (Å²) in [5.74, 6) is -0.197. The van der Waals surface area contributed by atoms with E-state index in [1.54, 1.807) is 6.92 Å². The monoisotopic (exact) mass is 471 g/mol. The van der Waals surface area contributed by atoms with Crippen LogP contribution in [-0.2, 0) is 42.7 Å². The Bertz CT molecular complexity index is 1510. The van der Waals surface area contributed by atoms with Gasteiger partial charge in [0.05, 0.1) is 23.4 Å². The molecule has 1 atom stereocenters. The van der Waals surface area contributed by atoms with Gasteiger partial charge in [-0.2, -0.15) is 0 Å². The molecule has 0 unspecified atom stereocenters. The van der Waals surface area contributed by atoms with Gasteiger partial charge in [0.1, 0.15) is 5.60 Å². The summed E-state index contributed by atoms with van der Waals surface area (Å²) in [6.45, 7) is 7.44. The van der Waals surface area contributed by atoms with Crippen molar-refractivity contribution < 1.29 is 9.90 Å². The average Bonchev–Trinajstić information content (AvgIpc) is 3.45. The smallest absolute Gasteiger partial charge is 0.254 e. The zero-order valence-electron chi connectivity index (χ0n) is 21.3. The Balaban J connectivity index is 1.71. The van der Waals surface area contributed by atoms with Crippen LogP contribution in [0.5, 0.6) is 0 Å². The van der Waals surface area contributed by atoms with Crippen molar-refractivity contribution in [1.29, 1.82) is 0 Å². The number of benzene rings is 1. The molecule has 3 aromatic rings. The second-order valence-corrected chi connectivity index (χ2v) is 10.9. The number of aromatic nitrogens is 2. The van der Waals surface area contributed by atoms with Crippen LogP contribution < -0.4 is 5.56 Å². The molecule has 0 saturated heterocycles. The van der Waals surface area contributed by atoms with Gasteiger partial charge in [-0.1, -0.05) is 6.92 Å². The largest absolute Gasteiger partial charge is 0.377 e. The van der Waals surface area contributed by atoms with Gasteiger partial charge in [-0.15, -0.1) is 0 Å². The first-order chi connectivity index (χ1) is 16.7. The third-order valence-electron chi connectivity index (χ3n) is 8.76. The molecule has 0 spiro atoms. The number of hydrogen-bond acceptors (Lipinski definition) is 5. The maximum absolute atomic E-state index is 13.7. The molecule has 6 heteroatoms. The van der Waals surface area contributed by atoms with Crippen LogP contribution in [0.25, 0.3) is 22.3 Å². The average molecular weight is 472 g/mol. The number of carbonyl (C=O) groups is 1. The molecule has 1 aliphatic heterocycles. The molecule has 2 aromatic heterocycles. The molecular formula is C29H33N3O3. The Morgan fingerprint density at radius 1 is 1.03 bits per heavy atom. The van der Waals surface area contributed by atoms with E-state index in [0.717, 1.165) is 41.9 Å². The standard InChI is InChI=1S/C29H33N3O3/c1-6-29(35)22-12-23-27-21(14-32(23)28(34)19(22)10-11-24(29)33)20(13-31(4)5)25-18-9-7-8-17(18)15(2)16(3)26(25)30-27/h12,35H,6-11,13-14H2,1-5H3/t29-/m0/s1. The number of aliphatic hydroxyl groups is 1. The maximum atomic E-state index is 13.7. The van der Waals surface area contributed by atoms with Crippen molar-refractivity contribution in [3.05, 3.63) is 60.9 Å². The summed E-state index contributed by atoms with van der Waals surface area (Å²) < 4.78 is 1.82. The van der Waals surface area contributed by atoms with E-state index in [1.165, 1.54) is 39.6 Å². The molecule has 0 saturated carbocycles. The van der Waals surface area contributed by atoms with Gasteiger partial charge in [0.15, 0.2) is 5.78 Å². The quantitative estimate of drug-likeness (QED) is 0.493. The Labute approximate surface area is 205 Å². The molecule has 182 valence electrons. The van der Waals surface area contributed by atoms with E-state index >= 15 is 0 Å². The normalized spacial score (nSPS) is 20.4. The molecule has 2 aliphatic carbocycles. The lowest BCUT2D eigenvalue weighted by molar-refractivity contribution is -0.140. The fourth-order valence-corrected chi connectivity index (χ4v) is 6.77. The van der Waals surface area contributed by atoms with Gasteiger partial charge in [0.25, 0.3) is 5.56 Å². The minimum Gasteiger partial charge on any atom is -0.377 e. The van der Waals surface area contributed by atoms with Gasteiger partial charge in [-0.05, 0) is 93.9 Å². The summed E-state index contributed by atoms with van der Waals surface area (Å²) in [4.78, 5) is 33.9. The van der Waals surface area contributed by atoms with E-state index in [1.807, 2.05) is 10.6 Å². The SMILES string of the molecule is CC[C@@]1(O)C(=O)CCc2c1cc1n(c2=O)Cc2c-1nc1c(C)c(C)c3c(c1c2CN(C)C)CCC3. The van der Waals surface area contributed by atoms with Gasteiger partial charge >= 0.3 is 0 Å². The van der Waals surface area contributed by atoms with Crippen molar-refractivity contribution in [2.24, 2.45) is 0 Å². The summed E-state index contributed by atoms with van der Waals surface area (Å²) in [5.41, 5.74) is 9.78. The Kier molecular flexibility index (Phi) is 4.90. The molecular weight excluding hydrogens is 438 g/mol. The summed E-state index contributed by atoms with van der Waals surface area (Å²) >= 11 is 0. The molecule has 6 rings (SSSR count). The maximum Gasteiger partial charge on any atom is 0.254 e. The minimum atomic E-state index is -1.60. The number of aryl methyl sites for hydroxylation is 2. The first-order valence-electron chi connectivity index (χ1n) is 12.8. The molecule has 6 nitrogen and oxygen atoms in total. The summed E-state index contributed by atoms with van der Waals surface area (Å²) in [6.07, 6.45) is 4.21. The van der Waals surface area contributed by atoms with Crippen molar-refractivity contribution >= 4 is 16.7 Å². The van der Waals surface area contributed by atoms with Crippen molar-refractivity contribution in [2.75, 3.05) is 14.1 Å². The molecule has 35 heavy (non-hydrogen) atoms. The number of nitrogens with zero attached hydrogens (tertiary/aromatic N) is 3. The van der Waals surface area contributed by atoms with E-state index in [-0.39, 0.29) is 24.2 Å². The van der Waals surface area contributed by atoms with Crippen LogP contribution in [0.4, 0.5) is 0 Å². The highest BCUT2D eigenvalue weighted by Crippen LogP contribution is 2.44. The minimum absolute atomic E-state index is 0.0899. The first kappa shape index (κ1) is 22.6. The van der Waals surface area contributed by atoms with Gasteiger partial charge in [0, 0.05) is 35.0 Å². The molecule has 1 aromatic carbocycles. The van der Waals surface area contributed by atoms with Gasteiger partial charge in [-0.25, -0.2) is 4.98 Å². The molecule has 3 heterocycles. The second-order valence-electron chi connectivity index (χ2n) is 10.9. The predicted octanol–water partition coefficient (Wildman–Crippen LogP) is 3.71. The van der Waals surface area contributed by atoms with Crippen LogP contribution >= 0.6 is 0 Å². The molecule has 0 bridgehead atoms. The number of pyridine rings is 2. The van der Waals surface area contributed by atoms with E-state index in [4.69, 9.17) is 4.98 Å². The lowest BCUT2D eigenvalue weighted by Gasteiger charge is -2.32. The van der Waals surface area contributed by atoms with Crippen LogP contribution in [0.2, 0.25) is 0 Å². The van der Waals surface area contributed by atoms with Crippen molar-refractivity contribution in [2.45, 2.75) is 78.0 Å². The molecule has 0 amide bonds. The third kappa shape index (κ3) is 2.93. The third-order valence-corrected chi connectivity index (χ3v) is 8.76. The molecule has 0 fully saturated rings. The van der Waals surface area contributed by atoms with Crippen LogP contribution in [0.1, 0.15) is 70.7 Å². The molecule has 0 radical (unpaired) electrons. The highest BCUT2D eigenvalue weighted by atomic mass is 16.3. The zero-order chi connectivity index (χ0) is 24.8. The fourth-order valence-electron chi connectivity index (χ4n) is 6.77. The molecule has 3 aliphatic rings. The van der Waals surface area contributed by atoms with Gasteiger partial charge in [0.2, 0.25) is 0 Å². The number of carbonyl (C=O) groups excluding carboxylic acids is 1. The van der Waals surface area contributed by atoms with Crippen LogP contribution in [0.3, 0.4) is 0 Å². The highest BCUT2D eigenvalue weighted by Gasteiger charge is 2.43. The number of rotatable bonds is 3. The zero-order valence-corrected chi connectivity index (χ0v) is 21.3. The summed E-state index contributed by atoms with van der Waals surface area (Å²) in [6, 6.07) is 1.89. The number of ketones is 1. The topological polar surface area (TPSA) is 75.4 Å². The number of fused-ring (bicyclic) bond motifs is 7. The Morgan fingerprint density at radius 2 is 1.77 bits per heavy atom. The lowest BCUT2D eigenvalue weighted by Crippen LogP contribution is -2.43. The van der Waals surface area contributed by atoms with Crippen LogP contribution in [0, 0.1) is 13.8 Å². The van der Waals surface area contributed by atoms with E-state index in [2.05, 4.69) is 32.8 Å². The summed E-state index contributed by atoms with van der Waals surface area (Å²) in [7, 11) is 4.17. The van der Waals surface area contributed by atoms with Crippen molar-refractivity contribution in [1.82, 2.24) is 14.5 Å². The summed E-state index contributed by atoms with van der Waals surface area (Å²) in [5, 5.41) is 12.6. The Morgan fingerprint density at radius 3 is 2.49 bits per heavy atom. The molecule has 1 N–H and O–H groups in total. The first-order valence-corrected chi connectivity index (χ1v) is 12.8. The predicted molar refractivity (Wildman–Crippen MR) is 137 cm³/mol. The van der Waals surface area contributed by atoms with Crippen molar-refractivity contribution in [3.8, 4) is 11.4 Å². The van der Waals surface area contributed by atoms with Gasteiger partial charge < -0.3 is 14.6 Å². The van der Waals surface area contributed by atoms with Gasteiger partial charge in [-0.3, -0.25) is 9.59 Å². The van der Waals surface area contributed by atoms with E-state index < -0.39 is 5.60 Å². The Hall–Kier alpha value is -2.83. The second kappa shape index (κ2) is 7.58. The number of Topliss-reactive ketones (excluding diaryl/α,β-unsaturated/α-hetero) is 1. The fraction of sp³-hybridized carbons (Fsp3) is 0.483. The highest BCUT2D eigenvalue weighted by molar-refractivity contribution is 5.95. The van der Waals surface area contributed by atoms with E-state index in [0.29, 0.717) is 24.1 Å². The van der Waals surface area contributed by atoms with Crippen molar-refractivity contribution in [3.63, 3.8) is 0 Å². The lowest BCUT2D eigenvalue weighted by atomic mass is 9.77. The van der Waals surface area contributed by atoms with Crippen LogP contribution in [0.15, 0.2) is 10.9 Å².